The van der Waals surface area contributed by atoms with Gasteiger partial charge in [-0.3, -0.25) is 9.59 Å². The smallest absolute Gasteiger partial charge is 0.225 e. The lowest BCUT2D eigenvalue weighted by molar-refractivity contribution is -0.129. The van der Waals surface area contributed by atoms with Crippen molar-refractivity contribution in [3.05, 3.63) is 16.1 Å². The molecule has 1 saturated heterocycles. The SMILES string of the molecule is C[C@H](NC(=O)[C@H]1CC(=O)N(C2CC2)C1)c1csc(C2CC2)n1. The van der Waals surface area contributed by atoms with Gasteiger partial charge in [0.15, 0.2) is 0 Å². The number of amides is 2. The zero-order valence-electron chi connectivity index (χ0n) is 12.7. The second-order valence-corrected chi connectivity index (χ2v) is 7.68. The largest absolute Gasteiger partial charge is 0.348 e. The van der Waals surface area contributed by atoms with E-state index in [4.69, 9.17) is 0 Å². The number of hydrogen-bond acceptors (Lipinski definition) is 4. The monoisotopic (exact) mass is 319 g/mol. The minimum absolute atomic E-state index is 0.00929. The topological polar surface area (TPSA) is 62.3 Å². The molecule has 0 spiro atoms. The highest BCUT2D eigenvalue weighted by Gasteiger charge is 2.42. The van der Waals surface area contributed by atoms with Gasteiger partial charge in [-0.05, 0) is 32.6 Å². The molecule has 0 aromatic carbocycles. The molecule has 22 heavy (non-hydrogen) atoms. The zero-order valence-corrected chi connectivity index (χ0v) is 13.6. The lowest BCUT2D eigenvalue weighted by atomic mass is 10.1. The number of hydrogen-bond donors (Lipinski definition) is 1. The Labute approximate surface area is 134 Å². The minimum Gasteiger partial charge on any atom is -0.348 e. The molecule has 1 aromatic heterocycles. The number of nitrogens with zero attached hydrogens (tertiary/aromatic N) is 2. The second kappa shape index (κ2) is 5.33. The van der Waals surface area contributed by atoms with Crippen LogP contribution in [0.15, 0.2) is 5.38 Å². The van der Waals surface area contributed by atoms with Crippen LogP contribution in [0.3, 0.4) is 0 Å². The molecule has 2 amide bonds. The fourth-order valence-corrected chi connectivity index (χ4v) is 4.15. The molecule has 6 heteroatoms. The van der Waals surface area contributed by atoms with Crippen molar-refractivity contribution in [1.29, 1.82) is 0 Å². The van der Waals surface area contributed by atoms with Crippen molar-refractivity contribution in [1.82, 2.24) is 15.2 Å². The normalized spacial score (nSPS) is 26.3. The van der Waals surface area contributed by atoms with E-state index in [1.165, 1.54) is 17.8 Å². The van der Waals surface area contributed by atoms with Gasteiger partial charge in [-0.1, -0.05) is 0 Å². The molecule has 4 rings (SSSR count). The van der Waals surface area contributed by atoms with E-state index >= 15 is 0 Å². The minimum atomic E-state index is -0.197. The number of nitrogens with one attached hydrogen (secondary N) is 1. The van der Waals surface area contributed by atoms with E-state index in [2.05, 4.69) is 15.7 Å². The molecule has 1 aromatic rings. The van der Waals surface area contributed by atoms with Crippen LogP contribution in [-0.4, -0.2) is 34.3 Å². The number of rotatable bonds is 5. The summed E-state index contributed by atoms with van der Waals surface area (Å²) in [4.78, 5) is 30.9. The van der Waals surface area contributed by atoms with Crippen LogP contribution in [0.5, 0.6) is 0 Å². The number of thiazole rings is 1. The van der Waals surface area contributed by atoms with Gasteiger partial charge in [0.05, 0.1) is 22.7 Å². The van der Waals surface area contributed by atoms with Gasteiger partial charge < -0.3 is 10.2 Å². The van der Waals surface area contributed by atoms with Crippen molar-refractivity contribution in [2.45, 2.75) is 57.0 Å². The van der Waals surface area contributed by atoms with Crippen molar-refractivity contribution in [3.8, 4) is 0 Å². The van der Waals surface area contributed by atoms with E-state index in [9.17, 15) is 9.59 Å². The molecule has 0 radical (unpaired) electrons. The molecule has 0 unspecified atom stereocenters. The second-order valence-electron chi connectivity index (χ2n) is 6.79. The first kappa shape index (κ1) is 14.2. The number of carbonyl (C=O) groups excluding carboxylic acids is 2. The van der Waals surface area contributed by atoms with Gasteiger partial charge in [0.1, 0.15) is 0 Å². The molecule has 2 heterocycles. The average molecular weight is 319 g/mol. The van der Waals surface area contributed by atoms with Gasteiger partial charge in [0.25, 0.3) is 0 Å². The van der Waals surface area contributed by atoms with Crippen LogP contribution >= 0.6 is 11.3 Å². The predicted molar refractivity (Wildman–Crippen MR) is 83.5 cm³/mol. The van der Waals surface area contributed by atoms with E-state index < -0.39 is 0 Å². The standard InChI is InChI=1S/C16H21N3O2S/c1-9(13-8-22-16(18-13)10-2-3-10)17-15(21)11-6-14(20)19(7-11)12-4-5-12/h8-12H,2-7H2,1H3,(H,17,21)/t9-,11-/m0/s1. The van der Waals surface area contributed by atoms with Gasteiger partial charge in [0, 0.05) is 30.3 Å². The summed E-state index contributed by atoms with van der Waals surface area (Å²) in [6.07, 6.45) is 5.04. The third-order valence-corrected chi connectivity index (χ3v) is 5.81. The highest BCUT2D eigenvalue weighted by atomic mass is 32.1. The predicted octanol–water partition coefficient (Wildman–Crippen LogP) is 2.21. The fraction of sp³-hybridized carbons (Fsp3) is 0.688. The maximum absolute atomic E-state index is 12.4. The molecule has 2 atom stereocenters. The number of likely N-dealkylation sites (tertiary alicyclic amines) is 1. The van der Waals surface area contributed by atoms with Crippen molar-refractivity contribution in [3.63, 3.8) is 0 Å². The van der Waals surface area contributed by atoms with Crippen molar-refractivity contribution in [2.75, 3.05) is 6.54 Å². The van der Waals surface area contributed by atoms with E-state index in [1.807, 2.05) is 11.8 Å². The molecule has 1 N–H and O–H groups in total. The van der Waals surface area contributed by atoms with E-state index in [-0.39, 0.29) is 23.8 Å². The number of carbonyl (C=O) groups is 2. The molecule has 2 aliphatic carbocycles. The first-order chi connectivity index (χ1) is 10.6. The average Bonchev–Trinajstić information content (AvgIpc) is 3.42. The molecule has 118 valence electrons. The van der Waals surface area contributed by atoms with Crippen LogP contribution in [-0.2, 0) is 9.59 Å². The Balaban J connectivity index is 1.35. The van der Waals surface area contributed by atoms with Crippen molar-refractivity contribution in [2.24, 2.45) is 5.92 Å². The molecule has 5 nitrogen and oxygen atoms in total. The molecule has 0 bridgehead atoms. The lowest BCUT2D eigenvalue weighted by Gasteiger charge is -2.17. The van der Waals surface area contributed by atoms with Crippen LogP contribution in [0.2, 0.25) is 0 Å². The molecule has 1 aliphatic heterocycles. The van der Waals surface area contributed by atoms with E-state index in [0.717, 1.165) is 18.5 Å². The molecular weight excluding hydrogens is 298 g/mol. The Morgan fingerprint density at radius 3 is 2.86 bits per heavy atom. The van der Waals surface area contributed by atoms with Crippen LogP contribution in [0, 0.1) is 5.92 Å². The van der Waals surface area contributed by atoms with Gasteiger partial charge in [-0.15, -0.1) is 11.3 Å². The Hall–Kier alpha value is -1.43. The summed E-state index contributed by atoms with van der Waals surface area (Å²) in [7, 11) is 0. The van der Waals surface area contributed by atoms with Gasteiger partial charge >= 0.3 is 0 Å². The van der Waals surface area contributed by atoms with Gasteiger partial charge in [-0.2, -0.15) is 0 Å². The van der Waals surface area contributed by atoms with Crippen LogP contribution in [0.1, 0.15) is 61.7 Å². The third-order valence-electron chi connectivity index (χ3n) is 4.79. The van der Waals surface area contributed by atoms with Gasteiger partial charge in [0.2, 0.25) is 11.8 Å². The van der Waals surface area contributed by atoms with Crippen LogP contribution in [0.4, 0.5) is 0 Å². The Bertz CT molecular complexity index is 606. The number of aromatic nitrogens is 1. The Kier molecular flexibility index (Phi) is 3.44. The molecular formula is C16H21N3O2S. The maximum atomic E-state index is 12.4. The maximum Gasteiger partial charge on any atom is 0.225 e. The van der Waals surface area contributed by atoms with Crippen molar-refractivity contribution >= 4 is 23.2 Å². The zero-order chi connectivity index (χ0) is 15.3. The Morgan fingerprint density at radius 1 is 1.41 bits per heavy atom. The van der Waals surface area contributed by atoms with E-state index in [0.29, 0.717) is 24.9 Å². The summed E-state index contributed by atoms with van der Waals surface area (Å²) in [5, 5.41) is 6.29. The third kappa shape index (κ3) is 2.76. The quantitative estimate of drug-likeness (QED) is 0.905. The molecule has 2 saturated carbocycles. The highest BCUT2D eigenvalue weighted by molar-refractivity contribution is 7.09. The first-order valence-corrected chi connectivity index (χ1v) is 9.05. The van der Waals surface area contributed by atoms with Gasteiger partial charge in [-0.25, -0.2) is 4.98 Å². The van der Waals surface area contributed by atoms with Crippen LogP contribution < -0.4 is 5.32 Å². The summed E-state index contributed by atoms with van der Waals surface area (Å²) in [6, 6.07) is 0.323. The summed E-state index contributed by atoms with van der Waals surface area (Å²) >= 11 is 1.70. The summed E-state index contributed by atoms with van der Waals surface area (Å²) < 4.78 is 0. The van der Waals surface area contributed by atoms with Crippen molar-refractivity contribution < 1.29 is 9.59 Å². The summed E-state index contributed by atoms with van der Waals surface area (Å²) in [5.41, 5.74) is 0.948. The fourth-order valence-electron chi connectivity index (χ4n) is 3.07. The van der Waals surface area contributed by atoms with Crippen LogP contribution in [0.25, 0.3) is 0 Å². The Morgan fingerprint density at radius 2 is 2.18 bits per heavy atom. The first-order valence-electron chi connectivity index (χ1n) is 8.17. The lowest BCUT2D eigenvalue weighted by Crippen LogP contribution is -2.35. The highest BCUT2D eigenvalue weighted by Crippen LogP contribution is 2.41. The summed E-state index contributed by atoms with van der Waals surface area (Å²) in [6.45, 7) is 2.56. The van der Waals surface area contributed by atoms with E-state index in [1.54, 1.807) is 11.3 Å². The summed E-state index contributed by atoms with van der Waals surface area (Å²) in [5.74, 6) is 0.586. The molecule has 3 fully saturated rings. The molecule has 3 aliphatic rings.